The Kier molecular flexibility index (Phi) is 7.34. The van der Waals surface area contributed by atoms with Gasteiger partial charge in [-0.15, -0.1) is 0 Å². The van der Waals surface area contributed by atoms with Gasteiger partial charge in [0.2, 0.25) is 5.91 Å². The number of hydrogen-bond donors (Lipinski definition) is 2. The molecule has 1 amide bonds. The Morgan fingerprint density at radius 3 is 2.62 bits per heavy atom. The smallest absolute Gasteiger partial charge is 0.220 e. The lowest BCUT2D eigenvalue weighted by molar-refractivity contribution is -0.122. The summed E-state index contributed by atoms with van der Waals surface area (Å²) in [6, 6.07) is 0. The quantitative estimate of drug-likeness (QED) is 0.662. The van der Waals surface area contributed by atoms with Crippen molar-refractivity contribution < 1.29 is 14.6 Å². The standard InChI is InChI=1S/C12H25NO3/c1-10(14)5-6-11(15)13-9-12(2,3)7-8-16-4/h10,14H,5-9H2,1-4H3,(H,13,15). The number of aliphatic hydroxyl groups is 1. The third-order valence-corrected chi connectivity index (χ3v) is 2.54. The molecule has 4 nitrogen and oxygen atoms in total. The van der Waals surface area contributed by atoms with Gasteiger partial charge in [0.05, 0.1) is 6.10 Å². The fraction of sp³-hybridized carbons (Fsp3) is 0.917. The normalized spacial score (nSPS) is 13.6. The van der Waals surface area contributed by atoms with Crippen LogP contribution in [0.2, 0.25) is 0 Å². The second kappa shape index (κ2) is 7.63. The molecule has 0 aromatic rings. The monoisotopic (exact) mass is 231 g/mol. The second-order valence-electron chi connectivity index (χ2n) is 5.07. The van der Waals surface area contributed by atoms with Crippen LogP contribution in [0.4, 0.5) is 0 Å². The summed E-state index contributed by atoms with van der Waals surface area (Å²) in [6.07, 6.45) is 1.41. The fourth-order valence-electron chi connectivity index (χ4n) is 1.23. The van der Waals surface area contributed by atoms with Crippen LogP contribution in [0, 0.1) is 5.41 Å². The van der Waals surface area contributed by atoms with Crippen molar-refractivity contribution in [3.63, 3.8) is 0 Å². The van der Waals surface area contributed by atoms with E-state index in [1.807, 2.05) is 0 Å². The Hall–Kier alpha value is -0.610. The van der Waals surface area contributed by atoms with E-state index in [4.69, 9.17) is 9.84 Å². The molecule has 0 aliphatic heterocycles. The highest BCUT2D eigenvalue weighted by Crippen LogP contribution is 2.18. The molecular weight excluding hydrogens is 206 g/mol. The van der Waals surface area contributed by atoms with Crippen LogP contribution in [0.5, 0.6) is 0 Å². The molecule has 16 heavy (non-hydrogen) atoms. The lowest BCUT2D eigenvalue weighted by Crippen LogP contribution is -2.34. The largest absolute Gasteiger partial charge is 0.393 e. The summed E-state index contributed by atoms with van der Waals surface area (Å²) in [5.41, 5.74) is 0.0521. The van der Waals surface area contributed by atoms with Crippen LogP contribution in [-0.4, -0.2) is 37.4 Å². The number of aliphatic hydroxyl groups excluding tert-OH is 1. The molecule has 1 unspecified atom stereocenters. The van der Waals surface area contributed by atoms with Crippen LogP contribution in [0.1, 0.15) is 40.0 Å². The Bertz CT molecular complexity index is 202. The molecule has 96 valence electrons. The van der Waals surface area contributed by atoms with E-state index < -0.39 is 6.10 Å². The van der Waals surface area contributed by atoms with Crippen LogP contribution < -0.4 is 5.32 Å². The summed E-state index contributed by atoms with van der Waals surface area (Å²) in [4.78, 5) is 11.4. The average molecular weight is 231 g/mol. The van der Waals surface area contributed by atoms with Gasteiger partial charge in [-0.05, 0) is 25.2 Å². The zero-order valence-electron chi connectivity index (χ0n) is 10.9. The van der Waals surface area contributed by atoms with E-state index in [0.29, 0.717) is 26.0 Å². The number of methoxy groups -OCH3 is 1. The highest BCUT2D eigenvalue weighted by Gasteiger charge is 2.18. The van der Waals surface area contributed by atoms with E-state index in [2.05, 4.69) is 19.2 Å². The van der Waals surface area contributed by atoms with Crippen molar-refractivity contribution in [1.82, 2.24) is 5.32 Å². The van der Waals surface area contributed by atoms with Crippen LogP contribution >= 0.6 is 0 Å². The Labute approximate surface area is 98.4 Å². The molecule has 0 rings (SSSR count). The summed E-state index contributed by atoms with van der Waals surface area (Å²) < 4.78 is 5.02. The number of hydrogen-bond acceptors (Lipinski definition) is 3. The first-order valence-corrected chi connectivity index (χ1v) is 5.81. The fourth-order valence-corrected chi connectivity index (χ4v) is 1.23. The van der Waals surface area contributed by atoms with Crippen LogP contribution in [0.15, 0.2) is 0 Å². The molecule has 0 aliphatic carbocycles. The van der Waals surface area contributed by atoms with Crippen molar-refractivity contribution in [3.8, 4) is 0 Å². The Morgan fingerprint density at radius 1 is 1.50 bits per heavy atom. The first-order chi connectivity index (χ1) is 7.37. The molecule has 2 N–H and O–H groups in total. The summed E-state index contributed by atoms with van der Waals surface area (Å²) >= 11 is 0. The van der Waals surface area contributed by atoms with Crippen LogP contribution in [-0.2, 0) is 9.53 Å². The van der Waals surface area contributed by atoms with Crippen molar-refractivity contribution in [3.05, 3.63) is 0 Å². The van der Waals surface area contributed by atoms with Gasteiger partial charge >= 0.3 is 0 Å². The number of nitrogens with one attached hydrogen (secondary N) is 1. The lowest BCUT2D eigenvalue weighted by Gasteiger charge is -2.24. The van der Waals surface area contributed by atoms with Gasteiger partial charge in [-0.3, -0.25) is 4.79 Å². The molecule has 0 aromatic heterocycles. The van der Waals surface area contributed by atoms with E-state index in [-0.39, 0.29) is 11.3 Å². The second-order valence-corrected chi connectivity index (χ2v) is 5.07. The van der Waals surface area contributed by atoms with Gasteiger partial charge in [-0.1, -0.05) is 13.8 Å². The molecule has 0 aromatic carbocycles. The summed E-state index contributed by atoms with van der Waals surface area (Å²) in [5, 5.41) is 11.9. The maximum atomic E-state index is 11.4. The first kappa shape index (κ1) is 15.4. The first-order valence-electron chi connectivity index (χ1n) is 5.81. The topological polar surface area (TPSA) is 58.6 Å². The van der Waals surface area contributed by atoms with Gasteiger partial charge in [-0.2, -0.15) is 0 Å². The molecule has 1 atom stereocenters. The number of rotatable bonds is 8. The number of ether oxygens (including phenoxy) is 1. The minimum Gasteiger partial charge on any atom is -0.393 e. The van der Waals surface area contributed by atoms with Crippen molar-refractivity contribution >= 4 is 5.91 Å². The van der Waals surface area contributed by atoms with Gasteiger partial charge in [0.25, 0.3) is 0 Å². The number of amides is 1. The zero-order valence-corrected chi connectivity index (χ0v) is 10.9. The SMILES string of the molecule is COCCC(C)(C)CNC(=O)CCC(C)O. The van der Waals surface area contributed by atoms with Crippen LogP contribution in [0.3, 0.4) is 0 Å². The van der Waals surface area contributed by atoms with E-state index in [1.54, 1.807) is 14.0 Å². The van der Waals surface area contributed by atoms with Gasteiger partial charge in [0.15, 0.2) is 0 Å². The molecule has 0 aliphatic rings. The van der Waals surface area contributed by atoms with Crippen molar-refractivity contribution in [2.45, 2.75) is 46.1 Å². The third-order valence-electron chi connectivity index (χ3n) is 2.54. The Morgan fingerprint density at radius 2 is 2.12 bits per heavy atom. The zero-order chi connectivity index (χ0) is 12.6. The van der Waals surface area contributed by atoms with E-state index >= 15 is 0 Å². The molecule has 0 saturated carbocycles. The average Bonchev–Trinajstić information content (AvgIpc) is 2.21. The summed E-state index contributed by atoms with van der Waals surface area (Å²) in [5.74, 6) is 0.00592. The molecule has 0 radical (unpaired) electrons. The molecule has 0 bridgehead atoms. The Balaban J connectivity index is 3.72. The van der Waals surface area contributed by atoms with Crippen molar-refractivity contribution in [2.24, 2.45) is 5.41 Å². The molecule has 0 fully saturated rings. The highest BCUT2D eigenvalue weighted by atomic mass is 16.5. The minimum absolute atomic E-state index is 0.00592. The maximum absolute atomic E-state index is 11.4. The van der Waals surface area contributed by atoms with Crippen molar-refractivity contribution in [2.75, 3.05) is 20.3 Å². The van der Waals surface area contributed by atoms with Crippen LogP contribution in [0.25, 0.3) is 0 Å². The molecule has 4 heteroatoms. The predicted octanol–water partition coefficient (Wildman–Crippen LogP) is 1.33. The highest BCUT2D eigenvalue weighted by molar-refractivity contribution is 5.75. The number of carbonyl (C=O) groups is 1. The molecule has 0 saturated heterocycles. The van der Waals surface area contributed by atoms with E-state index in [9.17, 15) is 4.79 Å². The molecule has 0 heterocycles. The summed E-state index contributed by atoms with van der Waals surface area (Å²) in [6.45, 7) is 7.24. The number of carbonyl (C=O) groups excluding carboxylic acids is 1. The third kappa shape index (κ3) is 8.68. The van der Waals surface area contributed by atoms with Gasteiger partial charge in [0.1, 0.15) is 0 Å². The van der Waals surface area contributed by atoms with Gasteiger partial charge in [0, 0.05) is 26.7 Å². The minimum atomic E-state index is -0.410. The van der Waals surface area contributed by atoms with Crippen molar-refractivity contribution in [1.29, 1.82) is 0 Å². The molecular formula is C12H25NO3. The predicted molar refractivity (Wildman–Crippen MR) is 64.2 cm³/mol. The summed E-state index contributed by atoms with van der Waals surface area (Å²) in [7, 11) is 1.68. The van der Waals surface area contributed by atoms with Gasteiger partial charge < -0.3 is 15.2 Å². The lowest BCUT2D eigenvalue weighted by atomic mass is 9.89. The maximum Gasteiger partial charge on any atom is 0.220 e. The molecule has 0 spiro atoms. The van der Waals surface area contributed by atoms with Gasteiger partial charge in [-0.25, -0.2) is 0 Å². The van der Waals surface area contributed by atoms with E-state index in [1.165, 1.54) is 0 Å². The van der Waals surface area contributed by atoms with E-state index in [0.717, 1.165) is 6.42 Å².